The topological polar surface area (TPSA) is 36.9 Å². The Morgan fingerprint density at radius 1 is 1.00 bits per heavy atom. The smallest absolute Gasteiger partial charge is 0.186 e. The molecule has 5 aliphatic rings. The molecule has 4 saturated heterocycles. The zero-order valence-corrected chi connectivity index (χ0v) is 16.0. The largest absolute Gasteiger partial charge is 0.353 e. The molecular formula is C20H33BO4. The molecule has 4 heterocycles. The minimum absolute atomic E-state index is 0.0756. The van der Waals surface area contributed by atoms with Crippen LogP contribution in [0.5, 0.6) is 0 Å². The van der Waals surface area contributed by atoms with E-state index in [1.807, 2.05) is 13.8 Å². The van der Waals surface area contributed by atoms with Crippen molar-refractivity contribution in [3.05, 3.63) is 0 Å². The second-order valence-electron chi connectivity index (χ2n) is 9.74. The molecule has 5 heteroatoms. The van der Waals surface area contributed by atoms with Gasteiger partial charge in [-0.25, -0.2) is 0 Å². The number of rotatable bonds is 3. The molecular weight excluding hydrogens is 315 g/mol. The van der Waals surface area contributed by atoms with Gasteiger partial charge in [-0.2, -0.15) is 0 Å². The highest BCUT2D eigenvalue weighted by atomic mass is 16.8. The Bertz CT molecular complexity index is 504. The number of hydrogen-bond donors (Lipinski definition) is 0. The highest BCUT2D eigenvalue weighted by Crippen LogP contribution is 2.58. The minimum atomic E-state index is -0.528. The highest BCUT2D eigenvalue weighted by Gasteiger charge is 2.70. The summed E-state index contributed by atoms with van der Waals surface area (Å²) in [6.45, 7) is 4.98. The van der Waals surface area contributed by atoms with E-state index in [2.05, 4.69) is 0 Å². The Labute approximate surface area is 152 Å². The zero-order chi connectivity index (χ0) is 17.2. The minimum Gasteiger partial charge on any atom is -0.353 e. The maximum absolute atomic E-state index is 6.50. The molecule has 0 radical (unpaired) electrons. The first-order chi connectivity index (χ1) is 12.0. The van der Waals surface area contributed by atoms with Gasteiger partial charge < -0.3 is 18.9 Å². The third-order valence-electron chi connectivity index (χ3n) is 7.99. The summed E-state index contributed by atoms with van der Waals surface area (Å²) in [5.74, 6) is 2.01. The van der Waals surface area contributed by atoms with Gasteiger partial charge in [-0.15, -0.1) is 0 Å². The van der Waals surface area contributed by atoms with Gasteiger partial charge in [0.05, 0.1) is 6.10 Å². The van der Waals surface area contributed by atoms with Crippen LogP contribution >= 0.6 is 0 Å². The summed E-state index contributed by atoms with van der Waals surface area (Å²) in [6.07, 6.45) is 12.1. The van der Waals surface area contributed by atoms with Crippen molar-refractivity contribution in [3.8, 4) is 0 Å². The third-order valence-corrected chi connectivity index (χ3v) is 7.99. The summed E-state index contributed by atoms with van der Waals surface area (Å²) in [7, 11) is 1.73. The van der Waals surface area contributed by atoms with Crippen LogP contribution < -0.4 is 0 Å². The molecule has 2 unspecified atom stereocenters. The molecule has 2 bridgehead atoms. The van der Waals surface area contributed by atoms with Crippen molar-refractivity contribution in [2.45, 2.75) is 113 Å². The van der Waals surface area contributed by atoms with E-state index in [9.17, 15) is 0 Å². The van der Waals surface area contributed by atoms with Crippen LogP contribution in [-0.4, -0.2) is 43.7 Å². The molecule has 5 rings (SSSR count). The van der Waals surface area contributed by atoms with E-state index >= 15 is 0 Å². The molecule has 0 amide bonds. The second kappa shape index (κ2) is 5.95. The van der Waals surface area contributed by atoms with Crippen molar-refractivity contribution >= 4 is 6.71 Å². The van der Waals surface area contributed by atoms with Crippen molar-refractivity contribution in [2.24, 2.45) is 5.92 Å². The van der Waals surface area contributed by atoms with E-state index in [1.54, 1.807) is 7.11 Å². The Balaban J connectivity index is 1.37. The fourth-order valence-electron chi connectivity index (χ4n) is 7.16. The molecule has 5 atom stereocenters. The third kappa shape index (κ3) is 2.56. The summed E-state index contributed by atoms with van der Waals surface area (Å²) in [6, 6.07) is 0. The number of ether oxygens (including phenoxy) is 4. The van der Waals surface area contributed by atoms with Gasteiger partial charge in [0, 0.05) is 7.11 Å². The van der Waals surface area contributed by atoms with E-state index in [0.717, 1.165) is 24.8 Å². The Morgan fingerprint density at radius 3 is 2.32 bits per heavy atom. The fraction of sp³-hybridized carbons (Fsp3) is 1.00. The van der Waals surface area contributed by atoms with Crippen LogP contribution in [0, 0.1) is 5.92 Å². The molecule has 1 spiro atoms. The van der Waals surface area contributed by atoms with E-state index in [0.29, 0.717) is 5.92 Å². The van der Waals surface area contributed by atoms with Gasteiger partial charge >= 0.3 is 0 Å². The van der Waals surface area contributed by atoms with Crippen LogP contribution in [-0.2, 0) is 18.9 Å². The quantitative estimate of drug-likeness (QED) is 0.714. The van der Waals surface area contributed by atoms with Gasteiger partial charge in [0.2, 0.25) is 0 Å². The molecule has 1 aliphatic carbocycles. The average molecular weight is 348 g/mol. The molecule has 1 saturated carbocycles. The predicted octanol–water partition coefficient (Wildman–Crippen LogP) is 4.26. The van der Waals surface area contributed by atoms with Gasteiger partial charge in [-0.1, -0.05) is 56.5 Å². The van der Waals surface area contributed by atoms with Crippen molar-refractivity contribution in [2.75, 3.05) is 7.11 Å². The van der Waals surface area contributed by atoms with Crippen LogP contribution in [0.3, 0.4) is 0 Å². The number of fused-ring (bicyclic) bond motifs is 2. The average Bonchev–Trinajstić information content (AvgIpc) is 3.11. The first kappa shape index (κ1) is 17.0. The van der Waals surface area contributed by atoms with Crippen molar-refractivity contribution in [3.63, 3.8) is 0 Å². The van der Waals surface area contributed by atoms with E-state index < -0.39 is 5.79 Å². The summed E-state index contributed by atoms with van der Waals surface area (Å²) < 4.78 is 24.7. The standard InChI is InChI=1S/C20H33BO4/c1-19(2)24-17-18(22-3)23-16-13(10-11-20(16,17)25-19)12-21-14-6-4-7-15(21)9-5-8-14/h13-18H,4-12H2,1-3H3/t13?,14?,15?,16-,17+,18?,20-/m1/s1. The van der Waals surface area contributed by atoms with Crippen LogP contribution in [0.1, 0.15) is 65.2 Å². The Kier molecular flexibility index (Phi) is 4.06. The summed E-state index contributed by atoms with van der Waals surface area (Å²) >= 11 is 0. The second-order valence-corrected chi connectivity index (χ2v) is 9.74. The molecule has 5 fully saturated rings. The first-order valence-electron chi connectivity index (χ1n) is 10.6. The highest BCUT2D eigenvalue weighted by molar-refractivity contribution is 6.62. The van der Waals surface area contributed by atoms with Gasteiger partial charge in [-0.05, 0) is 32.6 Å². The van der Waals surface area contributed by atoms with Crippen molar-refractivity contribution in [1.29, 1.82) is 0 Å². The fourth-order valence-corrected chi connectivity index (χ4v) is 7.16. The first-order valence-corrected chi connectivity index (χ1v) is 10.6. The van der Waals surface area contributed by atoms with E-state index in [-0.39, 0.29) is 24.1 Å². The van der Waals surface area contributed by atoms with Crippen molar-refractivity contribution in [1.82, 2.24) is 0 Å². The van der Waals surface area contributed by atoms with Gasteiger partial charge in [0.15, 0.2) is 12.1 Å². The lowest BCUT2D eigenvalue weighted by molar-refractivity contribution is -0.236. The molecule has 0 N–H and O–H groups in total. The molecule has 0 aromatic rings. The Morgan fingerprint density at radius 2 is 1.68 bits per heavy atom. The molecule has 25 heavy (non-hydrogen) atoms. The van der Waals surface area contributed by atoms with Gasteiger partial charge in [0.1, 0.15) is 18.4 Å². The maximum Gasteiger partial charge on any atom is 0.186 e. The van der Waals surface area contributed by atoms with E-state index in [4.69, 9.17) is 18.9 Å². The molecule has 4 aliphatic heterocycles. The van der Waals surface area contributed by atoms with E-state index in [1.165, 1.54) is 51.3 Å². The Hall–Kier alpha value is -0.0951. The van der Waals surface area contributed by atoms with Crippen LogP contribution in [0.15, 0.2) is 0 Å². The molecule has 0 aromatic heterocycles. The van der Waals surface area contributed by atoms with Crippen LogP contribution in [0.25, 0.3) is 0 Å². The van der Waals surface area contributed by atoms with Crippen LogP contribution in [0.4, 0.5) is 0 Å². The lowest BCUT2D eigenvalue weighted by atomic mass is 9.25. The molecule has 140 valence electrons. The zero-order valence-electron chi connectivity index (χ0n) is 16.0. The van der Waals surface area contributed by atoms with Gasteiger partial charge in [0.25, 0.3) is 0 Å². The molecule has 4 nitrogen and oxygen atoms in total. The lowest BCUT2D eigenvalue weighted by Gasteiger charge is -2.42. The SMILES string of the molecule is COC1O[C@@H]2C(CB3C4CCCC3CCC4)CC[C@@]23OC(C)(C)O[C@@H]13. The lowest BCUT2D eigenvalue weighted by Crippen LogP contribution is -2.45. The van der Waals surface area contributed by atoms with Crippen LogP contribution in [0.2, 0.25) is 18.0 Å². The number of methoxy groups -OCH3 is 1. The summed E-state index contributed by atoms with van der Waals surface area (Å²) in [5, 5.41) is 0. The number of hydrogen-bond acceptors (Lipinski definition) is 4. The van der Waals surface area contributed by atoms with Gasteiger partial charge in [-0.3, -0.25) is 0 Å². The summed E-state index contributed by atoms with van der Waals surface area (Å²) in [5.41, 5.74) is -0.279. The summed E-state index contributed by atoms with van der Waals surface area (Å²) in [4.78, 5) is 0. The monoisotopic (exact) mass is 348 g/mol. The van der Waals surface area contributed by atoms with Crippen molar-refractivity contribution < 1.29 is 18.9 Å². The predicted molar refractivity (Wildman–Crippen MR) is 96.9 cm³/mol. The maximum atomic E-state index is 6.50. The normalized spacial score (nSPS) is 50.8. The molecule has 0 aromatic carbocycles.